The minimum Gasteiger partial charge on any atom is -0.425 e. The molecule has 1 saturated heterocycles. The van der Waals surface area contributed by atoms with Crippen molar-refractivity contribution < 1.29 is 28.8 Å². The lowest BCUT2D eigenvalue weighted by Crippen LogP contribution is -2.71. The van der Waals surface area contributed by atoms with E-state index in [2.05, 4.69) is 0 Å². The van der Waals surface area contributed by atoms with Gasteiger partial charge in [-0.2, -0.15) is 0 Å². The van der Waals surface area contributed by atoms with E-state index >= 15 is 0 Å². The summed E-state index contributed by atoms with van der Waals surface area (Å²) < 4.78 is 22.3. The van der Waals surface area contributed by atoms with Crippen LogP contribution in [-0.4, -0.2) is 48.6 Å². The molecule has 2 rings (SSSR count). The first-order valence-corrected chi connectivity index (χ1v) is 7.49. The number of cyclic esters (lactones) is 1. The number of hydrogen-bond donors (Lipinski definition) is 1. The fourth-order valence-corrected chi connectivity index (χ4v) is 2.70. The van der Waals surface area contributed by atoms with Crippen LogP contribution in [0.25, 0.3) is 0 Å². The Balaban J connectivity index is 2.45. The summed E-state index contributed by atoms with van der Waals surface area (Å²) in [4.78, 5) is 12.7. The molecule has 0 unspecified atom stereocenters. The van der Waals surface area contributed by atoms with Gasteiger partial charge in [-0.25, -0.2) is 4.79 Å². The second-order valence-corrected chi connectivity index (χ2v) is 6.02. The SMILES string of the molecule is CO[C@]1(C)OC(=O)[C@](Cc2ccccc2)([C@H](C)O)O[C@@]1(C)OC. The van der Waals surface area contributed by atoms with E-state index in [0.29, 0.717) is 0 Å². The zero-order valence-electron chi connectivity index (χ0n) is 14.2. The van der Waals surface area contributed by atoms with Crippen molar-refractivity contribution in [2.24, 2.45) is 0 Å². The van der Waals surface area contributed by atoms with Crippen molar-refractivity contribution in [1.82, 2.24) is 0 Å². The number of ether oxygens (including phenoxy) is 4. The summed E-state index contributed by atoms with van der Waals surface area (Å²) in [5, 5.41) is 10.3. The lowest BCUT2D eigenvalue weighted by Gasteiger charge is -2.53. The van der Waals surface area contributed by atoms with E-state index in [-0.39, 0.29) is 6.42 Å². The summed E-state index contributed by atoms with van der Waals surface area (Å²) in [6, 6.07) is 9.30. The van der Waals surface area contributed by atoms with Crippen LogP contribution >= 0.6 is 0 Å². The van der Waals surface area contributed by atoms with Gasteiger partial charge in [-0.15, -0.1) is 0 Å². The van der Waals surface area contributed by atoms with Crippen molar-refractivity contribution >= 4 is 5.97 Å². The molecule has 4 atom stereocenters. The molecule has 1 heterocycles. The Morgan fingerprint density at radius 1 is 1.13 bits per heavy atom. The van der Waals surface area contributed by atoms with Gasteiger partial charge in [0.1, 0.15) is 0 Å². The average Bonchev–Trinajstić information content (AvgIpc) is 2.53. The number of esters is 1. The maximum Gasteiger partial charge on any atom is 0.344 e. The van der Waals surface area contributed by atoms with Crippen LogP contribution < -0.4 is 0 Å². The number of aliphatic hydroxyl groups is 1. The van der Waals surface area contributed by atoms with Gasteiger partial charge < -0.3 is 24.1 Å². The predicted molar refractivity (Wildman–Crippen MR) is 82.6 cm³/mol. The molecule has 0 amide bonds. The molecule has 0 radical (unpaired) electrons. The molecule has 1 aliphatic heterocycles. The number of hydrogen-bond acceptors (Lipinski definition) is 6. The van der Waals surface area contributed by atoms with Crippen molar-refractivity contribution in [3.05, 3.63) is 35.9 Å². The summed E-state index contributed by atoms with van der Waals surface area (Å²) in [5.41, 5.74) is -0.741. The van der Waals surface area contributed by atoms with E-state index in [1.165, 1.54) is 21.1 Å². The first-order valence-electron chi connectivity index (χ1n) is 7.49. The highest BCUT2D eigenvalue weighted by Crippen LogP contribution is 2.43. The highest BCUT2D eigenvalue weighted by atomic mass is 16.8. The van der Waals surface area contributed by atoms with Crippen LogP contribution in [0.2, 0.25) is 0 Å². The van der Waals surface area contributed by atoms with Crippen LogP contribution in [0.5, 0.6) is 0 Å². The molecule has 1 fully saturated rings. The van der Waals surface area contributed by atoms with Crippen LogP contribution in [0, 0.1) is 0 Å². The second kappa shape index (κ2) is 6.20. The van der Waals surface area contributed by atoms with Gasteiger partial charge in [0, 0.05) is 27.6 Å². The van der Waals surface area contributed by atoms with E-state index in [1.54, 1.807) is 13.8 Å². The number of carbonyl (C=O) groups excluding carboxylic acids is 1. The van der Waals surface area contributed by atoms with Gasteiger partial charge >= 0.3 is 5.97 Å². The Kier molecular flexibility index (Phi) is 4.82. The van der Waals surface area contributed by atoms with E-state index in [0.717, 1.165) is 5.56 Å². The number of methoxy groups -OCH3 is 2. The maximum atomic E-state index is 12.7. The third-order valence-electron chi connectivity index (χ3n) is 4.60. The molecule has 0 saturated carbocycles. The van der Waals surface area contributed by atoms with E-state index < -0.39 is 29.2 Å². The highest BCUT2D eigenvalue weighted by molar-refractivity contribution is 5.82. The number of benzene rings is 1. The van der Waals surface area contributed by atoms with Crippen molar-refractivity contribution in [3.8, 4) is 0 Å². The maximum absolute atomic E-state index is 12.7. The molecule has 1 N–H and O–H groups in total. The van der Waals surface area contributed by atoms with Crippen molar-refractivity contribution in [2.75, 3.05) is 14.2 Å². The molecule has 0 bridgehead atoms. The molecule has 0 aromatic heterocycles. The summed E-state index contributed by atoms with van der Waals surface area (Å²) in [5.74, 6) is -3.48. The van der Waals surface area contributed by atoms with Gasteiger partial charge in [0.2, 0.25) is 5.79 Å². The van der Waals surface area contributed by atoms with Gasteiger partial charge in [-0.3, -0.25) is 0 Å². The topological polar surface area (TPSA) is 74.2 Å². The molecule has 23 heavy (non-hydrogen) atoms. The quantitative estimate of drug-likeness (QED) is 0.830. The predicted octanol–water partition coefficient (Wildman–Crippen LogP) is 1.65. The standard InChI is InChI=1S/C17H24O6/c1-12(18)17(11-13-9-7-6-8-10-13)14(19)22-15(2,20-4)16(3,21-5)23-17/h6-10,12,18H,11H2,1-5H3/t12-,15+,16+,17-/m0/s1. The third kappa shape index (κ3) is 2.87. The van der Waals surface area contributed by atoms with Crippen LogP contribution in [-0.2, 0) is 30.2 Å². The minimum absolute atomic E-state index is 0.156. The van der Waals surface area contributed by atoms with Crippen LogP contribution in [0.1, 0.15) is 26.3 Å². The summed E-state index contributed by atoms with van der Waals surface area (Å²) in [6.07, 6.45) is -0.950. The molecule has 6 heteroatoms. The molecule has 1 aromatic rings. The fraction of sp³-hybridized carbons (Fsp3) is 0.588. The van der Waals surface area contributed by atoms with Gasteiger partial charge in [0.05, 0.1) is 6.10 Å². The number of rotatable bonds is 5. The Bertz CT molecular complexity index is 559. The lowest BCUT2D eigenvalue weighted by atomic mass is 9.87. The summed E-state index contributed by atoms with van der Waals surface area (Å²) in [6.45, 7) is 4.67. The normalized spacial score (nSPS) is 35.7. The molecule has 0 aliphatic carbocycles. The molecule has 128 valence electrons. The van der Waals surface area contributed by atoms with E-state index in [4.69, 9.17) is 18.9 Å². The van der Waals surface area contributed by atoms with Crippen LogP contribution in [0.3, 0.4) is 0 Å². The Labute approximate surface area is 136 Å². The van der Waals surface area contributed by atoms with Crippen molar-refractivity contribution in [2.45, 2.75) is 50.5 Å². The fourth-order valence-electron chi connectivity index (χ4n) is 2.70. The van der Waals surface area contributed by atoms with Crippen LogP contribution in [0.15, 0.2) is 30.3 Å². The first-order chi connectivity index (χ1) is 10.7. The smallest absolute Gasteiger partial charge is 0.344 e. The number of aliphatic hydroxyl groups excluding tert-OH is 1. The summed E-state index contributed by atoms with van der Waals surface area (Å²) >= 11 is 0. The zero-order valence-corrected chi connectivity index (χ0v) is 14.2. The van der Waals surface area contributed by atoms with E-state index in [1.807, 2.05) is 30.3 Å². The van der Waals surface area contributed by atoms with Gasteiger partial charge in [0.15, 0.2) is 5.60 Å². The zero-order chi connectivity index (χ0) is 17.3. The number of carbonyl (C=O) groups is 1. The lowest BCUT2D eigenvalue weighted by molar-refractivity contribution is -0.429. The second-order valence-electron chi connectivity index (χ2n) is 6.02. The van der Waals surface area contributed by atoms with Gasteiger partial charge in [-0.1, -0.05) is 30.3 Å². The Morgan fingerprint density at radius 3 is 2.17 bits per heavy atom. The van der Waals surface area contributed by atoms with Crippen LogP contribution in [0.4, 0.5) is 0 Å². The Morgan fingerprint density at radius 2 is 1.70 bits per heavy atom. The molecule has 6 nitrogen and oxygen atoms in total. The Hall–Kier alpha value is -1.47. The van der Waals surface area contributed by atoms with Crippen molar-refractivity contribution in [1.29, 1.82) is 0 Å². The molecule has 0 spiro atoms. The molecular weight excluding hydrogens is 300 g/mol. The summed E-state index contributed by atoms with van der Waals surface area (Å²) in [7, 11) is 2.84. The molecule has 1 aliphatic rings. The highest BCUT2D eigenvalue weighted by Gasteiger charge is 2.64. The van der Waals surface area contributed by atoms with E-state index in [9.17, 15) is 9.90 Å². The minimum atomic E-state index is -1.58. The molecular formula is C17H24O6. The first kappa shape index (κ1) is 17.9. The largest absolute Gasteiger partial charge is 0.425 e. The van der Waals surface area contributed by atoms with Gasteiger partial charge in [-0.05, 0) is 19.4 Å². The monoisotopic (exact) mass is 324 g/mol. The van der Waals surface area contributed by atoms with Gasteiger partial charge in [0.25, 0.3) is 5.79 Å². The van der Waals surface area contributed by atoms with Crippen molar-refractivity contribution in [3.63, 3.8) is 0 Å². The third-order valence-corrected chi connectivity index (χ3v) is 4.60. The molecule has 1 aromatic carbocycles. The average molecular weight is 324 g/mol.